The maximum absolute atomic E-state index is 14.1. The molecule has 1 fully saturated rings. The SMILES string of the molecule is [2H]c1cnn2ccc(N3C[C@@H](F)C[C@@H]3c3cc(F)ccc3F)nc12. The molecule has 0 unspecified atom stereocenters. The Bertz CT molecular complexity index is 913. The van der Waals surface area contributed by atoms with E-state index in [-0.39, 0.29) is 24.6 Å². The molecule has 0 amide bonds. The molecule has 3 heterocycles. The van der Waals surface area contributed by atoms with E-state index >= 15 is 0 Å². The van der Waals surface area contributed by atoms with Crippen molar-refractivity contribution in [1.29, 1.82) is 0 Å². The van der Waals surface area contributed by atoms with Crippen LogP contribution in [0.25, 0.3) is 5.65 Å². The molecule has 3 aromatic rings. The molecular formula is C16H13F3N4. The summed E-state index contributed by atoms with van der Waals surface area (Å²) in [6, 6.07) is 4.29. The van der Waals surface area contributed by atoms with Crippen molar-refractivity contribution < 1.29 is 14.5 Å². The standard InChI is InChI=1S/C16H13F3N4/c17-10-1-2-13(19)12(7-10)14-8-11(18)9-22(14)15-4-6-23-16(21-15)3-5-20-23/h1-7,11,14H,8-9H2/t11-,14+/m0/s1/i3D. The van der Waals surface area contributed by atoms with Crippen molar-refractivity contribution in [2.45, 2.75) is 18.6 Å². The van der Waals surface area contributed by atoms with E-state index < -0.39 is 23.8 Å². The largest absolute Gasteiger partial charge is 0.346 e. The third-order valence-corrected chi connectivity index (χ3v) is 4.04. The Morgan fingerprint density at radius 3 is 3.00 bits per heavy atom. The van der Waals surface area contributed by atoms with Crippen LogP contribution in [0, 0.1) is 11.6 Å². The molecule has 23 heavy (non-hydrogen) atoms. The van der Waals surface area contributed by atoms with Gasteiger partial charge >= 0.3 is 0 Å². The van der Waals surface area contributed by atoms with Crippen molar-refractivity contribution in [2.75, 3.05) is 11.4 Å². The number of fused-ring (bicyclic) bond motifs is 1. The van der Waals surface area contributed by atoms with Crippen molar-refractivity contribution in [3.8, 4) is 0 Å². The van der Waals surface area contributed by atoms with Crippen LogP contribution in [0.15, 0.2) is 42.7 Å². The average molecular weight is 319 g/mol. The fraction of sp³-hybridized carbons (Fsp3) is 0.250. The van der Waals surface area contributed by atoms with Gasteiger partial charge in [0.15, 0.2) is 5.65 Å². The molecule has 0 spiro atoms. The molecule has 7 heteroatoms. The number of alkyl halides is 1. The summed E-state index contributed by atoms with van der Waals surface area (Å²) in [6.07, 6.45) is 1.86. The lowest BCUT2D eigenvalue weighted by Crippen LogP contribution is -2.25. The monoisotopic (exact) mass is 319 g/mol. The highest BCUT2D eigenvalue weighted by atomic mass is 19.1. The third-order valence-electron chi connectivity index (χ3n) is 4.04. The summed E-state index contributed by atoms with van der Waals surface area (Å²) < 4.78 is 50.9. The number of benzene rings is 1. The van der Waals surface area contributed by atoms with Gasteiger partial charge in [-0.1, -0.05) is 0 Å². The second-order valence-electron chi connectivity index (χ2n) is 5.51. The van der Waals surface area contributed by atoms with Gasteiger partial charge in [-0.25, -0.2) is 22.7 Å². The highest BCUT2D eigenvalue weighted by Gasteiger charge is 2.35. The fourth-order valence-electron chi connectivity index (χ4n) is 3.01. The van der Waals surface area contributed by atoms with Crippen molar-refractivity contribution in [3.63, 3.8) is 0 Å². The van der Waals surface area contributed by atoms with Crippen LogP contribution in [0.5, 0.6) is 0 Å². The minimum Gasteiger partial charge on any atom is -0.346 e. The van der Waals surface area contributed by atoms with E-state index in [9.17, 15) is 13.2 Å². The van der Waals surface area contributed by atoms with E-state index in [1.165, 1.54) is 10.7 Å². The van der Waals surface area contributed by atoms with Crippen LogP contribution in [0.2, 0.25) is 0 Å². The lowest BCUT2D eigenvalue weighted by molar-refractivity contribution is 0.355. The molecule has 4 rings (SSSR count). The third kappa shape index (κ3) is 2.42. The van der Waals surface area contributed by atoms with Gasteiger partial charge in [-0.3, -0.25) is 0 Å². The van der Waals surface area contributed by atoms with Crippen LogP contribution in [-0.2, 0) is 0 Å². The van der Waals surface area contributed by atoms with Gasteiger partial charge in [-0.05, 0) is 24.3 Å². The Kier molecular flexibility index (Phi) is 2.95. The van der Waals surface area contributed by atoms with Gasteiger partial charge in [0.2, 0.25) is 0 Å². The number of hydrogen-bond acceptors (Lipinski definition) is 3. The Balaban J connectivity index is 1.79. The second-order valence-corrected chi connectivity index (χ2v) is 5.51. The predicted octanol–water partition coefficient (Wildman–Crippen LogP) is 3.30. The number of anilines is 1. The molecule has 1 saturated heterocycles. The van der Waals surface area contributed by atoms with Crippen LogP contribution in [0.1, 0.15) is 19.4 Å². The molecule has 1 aliphatic rings. The molecule has 2 atom stereocenters. The van der Waals surface area contributed by atoms with Crippen molar-refractivity contribution >= 4 is 11.5 Å². The molecule has 0 aliphatic carbocycles. The van der Waals surface area contributed by atoms with E-state index in [0.29, 0.717) is 11.5 Å². The molecule has 0 bridgehead atoms. The Morgan fingerprint density at radius 2 is 2.13 bits per heavy atom. The molecule has 1 aliphatic heterocycles. The van der Waals surface area contributed by atoms with Crippen LogP contribution in [0.3, 0.4) is 0 Å². The van der Waals surface area contributed by atoms with E-state index in [1.54, 1.807) is 17.2 Å². The highest BCUT2D eigenvalue weighted by Crippen LogP contribution is 2.37. The summed E-state index contributed by atoms with van der Waals surface area (Å²) in [6.45, 7) is 0.0330. The first-order valence-corrected chi connectivity index (χ1v) is 7.19. The Morgan fingerprint density at radius 1 is 1.26 bits per heavy atom. The zero-order valence-corrected chi connectivity index (χ0v) is 12.0. The smallest absolute Gasteiger partial charge is 0.157 e. The Labute approximate surface area is 131 Å². The fourth-order valence-corrected chi connectivity index (χ4v) is 3.01. The zero-order valence-electron chi connectivity index (χ0n) is 13.0. The molecule has 2 aromatic heterocycles. The van der Waals surface area contributed by atoms with Crippen molar-refractivity contribution in [2.24, 2.45) is 0 Å². The van der Waals surface area contributed by atoms with Gasteiger partial charge in [0.1, 0.15) is 23.6 Å². The molecule has 0 radical (unpaired) electrons. The number of aromatic nitrogens is 3. The van der Waals surface area contributed by atoms with Gasteiger partial charge in [0.05, 0.1) is 20.2 Å². The average Bonchev–Trinajstić information content (AvgIpc) is 3.13. The molecule has 4 nitrogen and oxygen atoms in total. The summed E-state index contributed by atoms with van der Waals surface area (Å²) in [4.78, 5) is 5.94. The number of rotatable bonds is 2. The number of hydrogen-bond donors (Lipinski definition) is 0. The van der Waals surface area contributed by atoms with Gasteiger partial charge in [-0.15, -0.1) is 0 Å². The normalized spacial score (nSPS) is 21.9. The topological polar surface area (TPSA) is 33.4 Å². The second kappa shape index (κ2) is 5.26. The number of halogens is 3. The summed E-state index contributed by atoms with van der Waals surface area (Å²) in [7, 11) is 0. The highest BCUT2D eigenvalue weighted by molar-refractivity contribution is 5.50. The van der Waals surface area contributed by atoms with E-state index in [0.717, 1.165) is 18.2 Å². The van der Waals surface area contributed by atoms with Crippen LogP contribution in [0.4, 0.5) is 19.0 Å². The first-order chi connectivity index (χ1) is 11.5. The van der Waals surface area contributed by atoms with Crippen molar-refractivity contribution in [1.82, 2.24) is 14.6 Å². The van der Waals surface area contributed by atoms with E-state index in [1.807, 2.05) is 0 Å². The van der Waals surface area contributed by atoms with Gasteiger partial charge in [-0.2, -0.15) is 5.10 Å². The summed E-state index contributed by atoms with van der Waals surface area (Å²) >= 11 is 0. The predicted molar refractivity (Wildman–Crippen MR) is 78.9 cm³/mol. The summed E-state index contributed by atoms with van der Waals surface area (Å²) in [5.74, 6) is -0.737. The first kappa shape index (κ1) is 12.9. The lowest BCUT2D eigenvalue weighted by Gasteiger charge is -2.26. The first-order valence-electron chi connectivity index (χ1n) is 7.69. The van der Waals surface area contributed by atoms with Gasteiger partial charge in [0, 0.05) is 24.2 Å². The van der Waals surface area contributed by atoms with Gasteiger partial charge in [0.25, 0.3) is 0 Å². The van der Waals surface area contributed by atoms with Crippen LogP contribution >= 0.6 is 0 Å². The minimum absolute atomic E-state index is 0.0330. The maximum atomic E-state index is 14.1. The van der Waals surface area contributed by atoms with Gasteiger partial charge < -0.3 is 4.90 Å². The Hall–Kier alpha value is -2.57. The molecular weight excluding hydrogens is 305 g/mol. The maximum Gasteiger partial charge on any atom is 0.157 e. The number of nitrogens with zero attached hydrogens (tertiary/aromatic N) is 4. The molecule has 118 valence electrons. The summed E-state index contributed by atoms with van der Waals surface area (Å²) in [5.41, 5.74) is 0.435. The van der Waals surface area contributed by atoms with Crippen LogP contribution < -0.4 is 4.90 Å². The quantitative estimate of drug-likeness (QED) is 0.727. The van der Waals surface area contributed by atoms with Crippen molar-refractivity contribution in [3.05, 3.63) is 59.9 Å². The lowest BCUT2D eigenvalue weighted by atomic mass is 10.0. The minimum atomic E-state index is -1.17. The van der Waals surface area contributed by atoms with Crippen LogP contribution in [-0.4, -0.2) is 27.3 Å². The molecule has 1 aromatic carbocycles. The van der Waals surface area contributed by atoms with E-state index in [4.69, 9.17) is 1.37 Å². The zero-order chi connectivity index (χ0) is 16.8. The summed E-state index contributed by atoms with van der Waals surface area (Å²) in [5, 5.41) is 3.97. The molecule has 0 N–H and O–H groups in total. The molecule has 0 saturated carbocycles. The van der Waals surface area contributed by atoms with E-state index in [2.05, 4.69) is 10.1 Å².